The van der Waals surface area contributed by atoms with Crippen LogP contribution in [0.4, 0.5) is 0 Å². The summed E-state index contributed by atoms with van der Waals surface area (Å²) in [6.07, 6.45) is 3.45. The van der Waals surface area contributed by atoms with Crippen molar-refractivity contribution >= 4 is 9.84 Å². The SMILES string of the molecule is CC1(n2cnc3c2CCNC3)CCS(=O)(=O)C1. The molecule has 94 valence electrons. The van der Waals surface area contributed by atoms with E-state index in [1.807, 2.05) is 13.3 Å². The number of sulfone groups is 1. The lowest BCUT2D eigenvalue weighted by molar-refractivity contribution is 0.351. The Hall–Kier alpha value is -0.880. The summed E-state index contributed by atoms with van der Waals surface area (Å²) in [7, 11) is -2.87. The van der Waals surface area contributed by atoms with E-state index < -0.39 is 9.84 Å². The van der Waals surface area contributed by atoms with E-state index in [9.17, 15) is 8.42 Å². The number of hydrogen-bond acceptors (Lipinski definition) is 4. The van der Waals surface area contributed by atoms with Crippen molar-refractivity contribution < 1.29 is 8.42 Å². The third-order valence-corrected chi connectivity index (χ3v) is 5.74. The number of nitrogens with zero attached hydrogens (tertiary/aromatic N) is 2. The average molecular weight is 255 g/mol. The molecule has 0 radical (unpaired) electrons. The van der Waals surface area contributed by atoms with Crippen LogP contribution in [0.3, 0.4) is 0 Å². The fourth-order valence-electron chi connectivity index (χ4n) is 2.89. The van der Waals surface area contributed by atoms with Crippen LogP contribution in [-0.4, -0.2) is 36.0 Å². The molecule has 1 unspecified atom stereocenters. The van der Waals surface area contributed by atoms with Gasteiger partial charge in [0.15, 0.2) is 9.84 Å². The predicted molar refractivity (Wildman–Crippen MR) is 64.6 cm³/mol. The Labute approximate surface area is 101 Å². The normalized spacial score (nSPS) is 31.4. The maximum Gasteiger partial charge on any atom is 0.152 e. The van der Waals surface area contributed by atoms with E-state index >= 15 is 0 Å². The van der Waals surface area contributed by atoms with Crippen LogP contribution in [0.25, 0.3) is 0 Å². The third kappa shape index (κ3) is 1.79. The lowest BCUT2D eigenvalue weighted by Crippen LogP contribution is -2.34. The fourth-order valence-corrected chi connectivity index (χ4v) is 5.01. The summed E-state index contributed by atoms with van der Waals surface area (Å²) in [6, 6.07) is 0. The van der Waals surface area contributed by atoms with Crippen molar-refractivity contribution in [2.75, 3.05) is 18.1 Å². The maximum atomic E-state index is 11.7. The molecular weight excluding hydrogens is 238 g/mol. The lowest BCUT2D eigenvalue weighted by atomic mass is 10.0. The first kappa shape index (κ1) is 11.2. The zero-order valence-corrected chi connectivity index (χ0v) is 10.8. The Morgan fingerprint density at radius 1 is 1.53 bits per heavy atom. The first-order valence-corrected chi connectivity index (χ1v) is 7.79. The second-order valence-corrected chi connectivity index (χ2v) is 7.46. The largest absolute Gasteiger partial charge is 0.327 e. The van der Waals surface area contributed by atoms with Crippen LogP contribution in [-0.2, 0) is 28.3 Å². The smallest absolute Gasteiger partial charge is 0.152 e. The van der Waals surface area contributed by atoms with Gasteiger partial charge in [-0.2, -0.15) is 0 Å². The van der Waals surface area contributed by atoms with Gasteiger partial charge >= 0.3 is 0 Å². The van der Waals surface area contributed by atoms with Crippen LogP contribution in [0.2, 0.25) is 0 Å². The molecule has 0 aromatic carbocycles. The summed E-state index contributed by atoms with van der Waals surface area (Å²) >= 11 is 0. The maximum absolute atomic E-state index is 11.7. The van der Waals surface area contributed by atoms with Crippen molar-refractivity contribution in [1.29, 1.82) is 0 Å². The molecule has 2 aliphatic heterocycles. The summed E-state index contributed by atoms with van der Waals surface area (Å²) in [5.41, 5.74) is 1.99. The highest BCUT2D eigenvalue weighted by Crippen LogP contribution is 2.33. The van der Waals surface area contributed by atoms with Gasteiger partial charge in [0.05, 0.1) is 29.1 Å². The summed E-state index contributed by atoms with van der Waals surface area (Å²) in [5, 5.41) is 3.28. The van der Waals surface area contributed by atoms with Crippen LogP contribution >= 0.6 is 0 Å². The molecule has 1 aromatic rings. The van der Waals surface area contributed by atoms with Crippen molar-refractivity contribution in [2.24, 2.45) is 0 Å². The number of hydrogen-bond donors (Lipinski definition) is 1. The van der Waals surface area contributed by atoms with Gasteiger partial charge in [0.2, 0.25) is 0 Å². The van der Waals surface area contributed by atoms with Crippen LogP contribution in [0.1, 0.15) is 24.7 Å². The van der Waals surface area contributed by atoms with Crippen LogP contribution in [0, 0.1) is 0 Å². The molecule has 1 atom stereocenters. The number of fused-ring (bicyclic) bond motifs is 1. The average Bonchev–Trinajstić information content (AvgIpc) is 2.81. The minimum Gasteiger partial charge on any atom is -0.327 e. The first-order chi connectivity index (χ1) is 8.00. The zero-order chi connectivity index (χ0) is 12.1. The zero-order valence-electron chi connectivity index (χ0n) is 9.94. The van der Waals surface area contributed by atoms with E-state index in [-0.39, 0.29) is 11.3 Å². The topological polar surface area (TPSA) is 64.0 Å². The van der Waals surface area contributed by atoms with Gasteiger partial charge in [-0.3, -0.25) is 0 Å². The molecule has 2 aliphatic rings. The minimum absolute atomic E-state index is 0.246. The molecule has 6 heteroatoms. The number of rotatable bonds is 1. The van der Waals surface area contributed by atoms with Gasteiger partial charge in [-0.1, -0.05) is 0 Å². The van der Waals surface area contributed by atoms with Crippen molar-refractivity contribution in [2.45, 2.75) is 31.8 Å². The van der Waals surface area contributed by atoms with Gasteiger partial charge in [-0.25, -0.2) is 13.4 Å². The lowest BCUT2D eigenvalue weighted by Gasteiger charge is -2.28. The summed E-state index contributed by atoms with van der Waals surface area (Å²) < 4.78 is 25.4. The Morgan fingerprint density at radius 3 is 3.06 bits per heavy atom. The van der Waals surface area contributed by atoms with Crippen molar-refractivity contribution in [3.05, 3.63) is 17.7 Å². The van der Waals surface area contributed by atoms with Crippen molar-refractivity contribution in [1.82, 2.24) is 14.9 Å². The molecule has 1 saturated heterocycles. The van der Waals surface area contributed by atoms with E-state index in [0.29, 0.717) is 12.2 Å². The quantitative estimate of drug-likeness (QED) is 0.771. The van der Waals surface area contributed by atoms with E-state index in [2.05, 4.69) is 14.9 Å². The number of nitrogens with one attached hydrogen (secondary N) is 1. The van der Waals surface area contributed by atoms with Gasteiger partial charge in [0, 0.05) is 25.2 Å². The van der Waals surface area contributed by atoms with Crippen molar-refractivity contribution in [3.8, 4) is 0 Å². The van der Waals surface area contributed by atoms with Gasteiger partial charge in [0.1, 0.15) is 0 Å². The molecule has 0 amide bonds. The van der Waals surface area contributed by atoms with E-state index in [0.717, 1.165) is 25.2 Å². The predicted octanol–water partition coefficient (Wildman–Crippen LogP) is 0.0625. The van der Waals surface area contributed by atoms with Gasteiger partial charge in [-0.15, -0.1) is 0 Å². The third-order valence-electron chi connectivity index (χ3n) is 3.85. The second-order valence-electron chi connectivity index (χ2n) is 5.27. The number of aromatic nitrogens is 2. The fraction of sp³-hybridized carbons (Fsp3) is 0.727. The Balaban J connectivity index is 2.02. The molecule has 1 fully saturated rings. The molecule has 0 aliphatic carbocycles. The highest BCUT2D eigenvalue weighted by atomic mass is 32.2. The van der Waals surface area contributed by atoms with Gasteiger partial charge in [-0.05, 0) is 13.3 Å². The Morgan fingerprint density at radius 2 is 2.35 bits per heavy atom. The molecule has 5 nitrogen and oxygen atoms in total. The highest BCUT2D eigenvalue weighted by molar-refractivity contribution is 7.91. The minimum atomic E-state index is -2.87. The summed E-state index contributed by atoms with van der Waals surface area (Å²) in [4.78, 5) is 4.40. The van der Waals surface area contributed by atoms with E-state index in [1.54, 1.807) is 0 Å². The van der Waals surface area contributed by atoms with Crippen LogP contribution in [0.15, 0.2) is 6.33 Å². The molecule has 17 heavy (non-hydrogen) atoms. The van der Waals surface area contributed by atoms with Crippen LogP contribution in [0.5, 0.6) is 0 Å². The Kier molecular flexibility index (Phi) is 2.35. The molecule has 0 spiro atoms. The number of imidazole rings is 1. The molecule has 0 saturated carbocycles. The van der Waals surface area contributed by atoms with Gasteiger partial charge in [0.25, 0.3) is 0 Å². The summed E-state index contributed by atoms with van der Waals surface area (Å²) in [5.74, 6) is 0.547. The van der Waals surface area contributed by atoms with Gasteiger partial charge < -0.3 is 9.88 Å². The molecule has 3 rings (SSSR count). The monoisotopic (exact) mass is 255 g/mol. The Bertz CT molecular complexity index is 549. The van der Waals surface area contributed by atoms with E-state index in [4.69, 9.17) is 0 Å². The summed E-state index contributed by atoms with van der Waals surface area (Å²) in [6.45, 7) is 3.77. The van der Waals surface area contributed by atoms with Crippen molar-refractivity contribution in [3.63, 3.8) is 0 Å². The molecule has 1 aromatic heterocycles. The molecule has 3 heterocycles. The molecule has 1 N–H and O–H groups in total. The second kappa shape index (κ2) is 3.55. The molecule has 0 bridgehead atoms. The standard InChI is InChI=1S/C11H17N3O2S/c1-11(3-5-17(15,16)7-11)14-8-13-9-6-12-4-2-10(9)14/h8,12H,2-7H2,1H3. The molecular formula is C11H17N3O2S. The van der Waals surface area contributed by atoms with E-state index in [1.165, 1.54) is 5.69 Å². The highest BCUT2D eigenvalue weighted by Gasteiger charge is 2.41. The first-order valence-electron chi connectivity index (χ1n) is 5.97. The van der Waals surface area contributed by atoms with Crippen LogP contribution < -0.4 is 5.32 Å².